The molecular formula is C18H24N4O2. The van der Waals surface area contributed by atoms with Gasteiger partial charge in [0.1, 0.15) is 11.5 Å². The van der Waals surface area contributed by atoms with Crippen LogP contribution in [0.1, 0.15) is 12.0 Å². The van der Waals surface area contributed by atoms with E-state index in [1.807, 2.05) is 36.4 Å². The Hall–Kier alpha value is -2.02. The van der Waals surface area contributed by atoms with Crippen molar-refractivity contribution in [2.75, 3.05) is 52.3 Å². The Kier molecular flexibility index (Phi) is 5.40. The standard InChI is InChI=1S/C18H24N4O2/c1-21-9-11-22(12-10-21)16-13-15(18(23-2)24-3)19-17(20-16)14-7-5-4-6-8-14/h4-8,13,18H,9-12H2,1-3H3. The summed E-state index contributed by atoms with van der Waals surface area (Å²) in [6.07, 6.45) is -0.498. The van der Waals surface area contributed by atoms with Gasteiger partial charge in [-0.3, -0.25) is 0 Å². The van der Waals surface area contributed by atoms with Crippen LogP contribution in [0.2, 0.25) is 0 Å². The van der Waals surface area contributed by atoms with Gasteiger partial charge >= 0.3 is 0 Å². The summed E-state index contributed by atoms with van der Waals surface area (Å²) >= 11 is 0. The molecule has 128 valence electrons. The lowest BCUT2D eigenvalue weighted by Crippen LogP contribution is -2.45. The van der Waals surface area contributed by atoms with Gasteiger partial charge in [-0.2, -0.15) is 0 Å². The molecule has 0 saturated carbocycles. The summed E-state index contributed by atoms with van der Waals surface area (Å²) in [6.45, 7) is 3.95. The van der Waals surface area contributed by atoms with E-state index in [1.54, 1.807) is 14.2 Å². The van der Waals surface area contributed by atoms with E-state index in [1.165, 1.54) is 0 Å². The molecule has 0 spiro atoms. The minimum atomic E-state index is -0.498. The molecule has 1 aromatic carbocycles. The predicted molar refractivity (Wildman–Crippen MR) is 93.9 cm³/mol. The third kappa shape index (κ3) is 3.72. The van der Waals surface area contributed by atoms with Gasteiger partial charge in [0.2, 0.25) is 6.29 Å². The zero-order valence-corrected chi connectivity index (χ0v) is 14.5. The molecule has 1 aliphatic rings. The lowest BCUT2D eigenvalue weighted by Gasteiger charge is -2.33. The van der Waals surface area contributed by atoms with Crippen LogP contribution in [0.15, 0.2) is 36.4 Å². The van der Waals surface area contributed by atoms with Crippen LogP contribution >= 0.6 is 0 Å². The van der Waals surface area contributed by atoms with E-state index in [0.717, 1.165) is 43.3 Å². The number of hydrogen-bond acceptors (Lipinski definition) is 6. The van der Waals surface area contributed by atoms with Crippen molar-refractivity contribution in [1.29, 1.82) is 0 Å². The Morgan fingerprint density at radius 3 is 2.25 bits per heavy atom. The summed E-state index contributed by atoms with van der Waals surface area (Å²) in [6, 6.07) is 12.0. The number of nitrogens with zero attached hydrogens (tertiary/aromatic N) is 4. The van der Waals surface area contributed by atoms with Crippen molar-refractivity contribution >= 4 is 5.82 Å². The van der Waals surface area contributed by atoms with Gasteiger partial charge in [0.05, 0.1) is 0 Å². The van der Waals surface area contributed by atoms with Crippen molar-refractivity contribution in [3.63, 3.8) is 0 Å². The molecule has 0 atom stereocenters. The van der Waals surface area contributed by atoms with Crippen LogP contribution in [0.4, 0.5) is 5.82 Å². The van der Waals surface area contributed by atoms with Crippen molar-refractivity contribution in [1.82, 2.24) is 14.9 Å². The molecule has 0 bridgehead atoms. The number of likely N-dealkylation sites (N-methyl/N-ethyl adjacent to an activating group) is 1. The number of ether oxygens (including phenoxy) is 2. The molecule has 0 radical (unpaired) electrons. The molecule has 0 amide bonds. The molecule has 24 heavy (non-hydrogen) atoms. The van der Waals surface area contributed by atoms with Crippen LogP contribution < -0.4 is 4.90 Å². The fraction of sp³-hybridized carbons (Fsp3) is 0.444. The quantitative estimate of drug-likeness (QED) is 0.784. The van der Waals surface area contributed by atoms with Crippen molar-refractivity contribution in [3.8, 4) is 11.4 Å². The number of aromatic nitrogens is 2. The monoisotopic (exact) mass is 328 g/mol. The summed E-state index contributed by atoms with van der Waals surface area (Å²) in [5, 5.41) is 0. The number of benzene rings is 1. The first-order valence-corrected chi connectivity index (χ1v) is 8.14. The van der Waals surface area contributed by atoms with Crippen LogP contribution in [-0.2, 0) is 9.47 Å². The smallest absolute Gasteiger partial charge is 0.200 e. The van der Waals surface area contributed by atoms with E-state index in [2.05, 4.69) is 21.8 Å². The first kappa shape index (κ1) is 16.8. The maximum absolute atomic E-state index is 5.40. The number of anilines is 1. The Morgan fingerprint density at radius 1 is 0.958 bits per heavy atom. The molecule has 0 unspecified atom stereocenters. The lowest BCUT2D eigenvalue weighted by molar-refractivity contribution is -0.108. The number of piperazine rings is 1. The largest absolute Gasteiger partial charge is 0.354 e. The van der Waals surface area contributed by atoms with Crippen molar-refractivity contribution in [2.24, 2.45) is 0 Å². The van der Waals surface area contributed by atoms with Gasteiger partial charge in [-0.25, -0.2) is 9.97 Å². The van der Waals surface area contributed by atoms with Gasteiger partial charge in [0, 0.05) is 52.0 Å². The van der Waals surface area contributed by atoms with Crippen molar-refractivity contribution in [2.45, 2.75) is 6.29 Å². The highest BCUT2D eigenvalue weighted by Gasteiger charge is 2.20. The van der Waals surface area contributed by atoms with E-state index in [-0.39, 0.29) is 0 Å². The fourth-order valence-electron chi connectivity index (χ4n) is 2.82. The molecule has 1 fully saturated rings. The fourth-order valence-corrected chi connectivity index (χ4v) is 2.82. The van der Waals surface area contributed by atoms with Gasteiger partial charge in [0.15, 0.2) is 5.82 Å². The molecule has 0 aliphatic carbocycles. The number of rotatable bonds is 5. The normalized spacial score (nSPS) is 15.9. The zero-order chi connectivity index (χ0) is 16.9. The maximum atomic E-state index is 5.40. The average molecular weight is 328 g/mol. The number of hydrogen-bond donors (Lipinski definition) is 0. The first-order valence-electron chi connectivity index (χ1n) is 8.14. The average Bonchev–Trinajstić information content (AvgIpc) is 2.64. The highest BCUT2D eigenvalue weighted by molar-refractivity contribution is 5.58. The molecule has 3 rings (SSSR count). The van der Waals surface area contributed by atoms with E-state index in [9.17, 15) is 0 Å². The predicted octanol–water partition coefficient (Wildman–Crippen LogP) is 2.19. The van der Waals surface area contributed by atoms with Crippen LogP contribution in [0.3, 0.4) is 0 Å². The summed E-state index contributed by atoms with van der Waals surface area (Å²) in [5.41, 5.74) is 1.73. The Balaban J connectivity index is 1.99. The van der Waals surface area contributed by atoms with Gasteiger partial charge in [0.25, 0.3) is 0 Å². The molecule has 6 heteroatoms. The van der Waals surface area contributed by atoms with Gasteiger partial charge in [-0.05, 0) is 7.05 Å². The second kappa shape index (κ2) is 7.70. The third-order valence-corrected chi connectivity index (χ3v) is 4.26. The minimum Gasteiger partial charge on any atom is -0.354 e. The van der Waals surface area contributed by atoms with Gasteiger partial charge < -0.3 is 19.3 Å². The third-order valence-electron chi connectivity index (χ3n) is 4.26. The van der Waals surface area contributed by atoms with E-state index in [4.69, 9.17) is 14.5 Å². The Bertz CT molecular complexity index is 653. The molecule has 2 aromatic rings. The van der Waals surface area contributed by atoms with E-state index in [0.29, 0.717) is 5.82 Å². The van der Waals surface area contributed by atoms with Crippen LogP contribution in [0, 0.1) is 0 Å². The molecule has 0 N–H and O–H groups in total. The van der Waals surface area contributed by atoms with E-state index >= 15 is 0 Å². The van der Waals surface area contributed by atoms with Crippen molar-refractivity contribution < 1.29 is 9.47 Å². The molecule has 6 nitrogen and oxygen atoms in total. The van der Waals surface area contributed by atoms with Crippen LogP contribution in [0.5, 0.6) is 0 Å². The summed E-state index contributed by atoms with van der Waals surface area (Å²) in [5.74, 6) is 1.62. The first-order chi connectivity index (χ1) is 11.7. The lowest BCUT2D eigenvalue weighted by atomic mass is 10.2. The summed E-state index contributed by atoms with van der Waals surface area (Å²) < 4.78 is 10.8. The van der Waals surface area contributed by atoms with Crippen molar-refractivity contribution in [3.05, 3.63) is 42.1 Å². The second-order valence-corrected chi connectivity index (χ2v) is 5.93. The van der Waals surface area contributed by atoms with Gasteiger partial charge in [-0.1, -0.05) is 30.3 Å². The Morgan fingerprint density at radius 2 is 1.62 bits per heavy atom. The zero-order valence-electron chi connectivity index (χ0n) is 14.5. The minimum absolute atomic E-state index is 0.498. The molecule has 2 heterocycles. The highest BCUT2D eigenvalue weighted by atomic mass is 16.7. The van der Waals surface area contributed by atoms with Crippen LogP contribution in [-0.4, -0.2) is 62.3 Å². The molecule has 1 saturated heterocycles. The van der Waals surface area contributed by atoms with Gasteiger partial charge in [-0.15, -0.1) is 0 Å². The molecular weight excluding hydrogens is 304 g/mol. The highest BCUT2D eigenvalue weighted by Crippen LogP contribution is 2.25. The van der Waals surface area contributed by atoms with Crippen LogP contribution in [0.25, 0.3) is 11.4 Å². The second-order valence-electron chi connectivity index (χ2n) is 5.93. The molecule has 1 aromatic heterocycles. The summed E-state index contributed by atoms with van der Waals surface area (Å²) in [7, 11) is 5.38. The SMILES string of the molecule is COC(OC)c1cc(N2CCN(C)CC2)nc(-c2ccccc2)n1. The van der Waals surface area contributed by atoms with E-state index < -0.39 is 6.29 Å². The summed E-state index contributed by atoms with van der Waals surface area (Å²) in [4.78, 5) is 14.1. The topological polar surface area (TPSA) is 50.7 Å². The Labute approximate surface area is 143 Å². The maximum Gasteiger partial charge on any atom is 0.200 e. The molecule has 1 aliphatic heterocycles. The number of methoxy groups -OCH3 is 2.